The topological polar surface area (TPSA) is 103 Å². The Hall–Kier alpha value is -0.830. The third-order valence-electron chi connectivity index (χ3n) is 1.48. The maximum Gasteiger partial charge on any atom is 0.327 e. The Morgan fingerprint density at radius 2 is 2.47 bits per heavy atom. The number of hydrogen-bond donors (Lipinski definition) is 3. The SMILES string of the molecule is Cc1nc(N)sc1SCCC(=O)ONN. The summed E-state index contributed by atoms with van der Waals surface area (Å²) in [6.45, 7) is 1.88. The summed E-state index contributed by atoms with van der Waals surface area (Å²) in [7, 11) is 0. The van der Waals surface area contributed by atoms with Gasteiger partial charge < -0.3 is 10.6 Å². The van der Waals surface area contributed by atoms with E-state index in [1.807, 2.05) is 12.5 Å². The second kappa shape index (κ2) is 5.91. The summed E-state index contributed by atoms with van der Waals surface area (Å²) >= 11 is 2.95. The Bertz CT molecular complexity index is 342. The number of aryl methyl sites for hydroxylation is 1. The normalized spacial score (nSPS) is 10.3. The van der Waals surface area contributed by atoms with Crippen molar-refractivity contribution in [2.45, 2.75) is 17.6 Å². The maximum absolute atomic E-state index is 10.9. The first-order chi connectivity index (χ1) is 7.13. The number of carbonyl (C=O) groups is 1. The van der Waals surface area contributed by atoms with E-state index in [2.05, 4.69) is 9.82 Å². The number of carbonyl (C=O) groups excluding carboxylic acids is 1. The Morgan fingerprint density at radius 3 is 3.00 bits per heavy atom. The highest BCUT2D eigenvalue weighted by Crippen LogP contribution is 2.30. The maximum atomic E-state index is 10.9. The van der Waals surface area contributed by atoms with E-state index in [0.717, 1.165) is 9.90 Å². The fourth-order valence-corrected chi connectivity index (χ4v) is 2.90. The smallest absolute Gasteiger partial charge is 0.327 e. The lowest BCUT2D eigenvalue weighted by molar-refractivity contribution is -0.150. The van der Waals surface area contributed by atoms with Gasteiger partial charge in [-0.1, -0.05) is 16.9 Å². The van der Waals surface area contributed by atoms with Crippen LogP contribution in [0.15, 0.2) is 4.21 Å². The van der Waals surface area contributed by atoms with E-state index in [-0.39, 0.29) is 12.4 Å². The molecule has 1 aromatic heterocycles. The second-order valence-electron chi connectivity index (χ2n) is 2.62. The summed E-state index contributed by atoms with van der Waals surface area (Å²) in [4.78, 5) is 19.3. The summed E-state index contributed by atoms with van der Waals surface area (Å²) in [6.07, 6.45) is 0.284. The highest BCUT2D eigenvalue weighted by Gasteiger charge is 2.08. The van der Waals surface area contributed by atoms with Crippen molar-refractivity contribution in [2.75, 3.05) is 11.5 Å². The van der Waals surface area contributed by atoms with Gasteiger partial charge >= 0.3 is 5.97 Å². The molecule has 0 saturated carbocycles. The molecule has 1 rings (SSSR count). The van der Waals surface area contributed by atoms with E-state index in [4.69, 9.17) is 11.6 Å². The lowest BCUT2D eigenvalue weighted by Gasteiger charge is -2.00. The van der Waals surface area contributed by atoms with E-state index < -0.39 is 0 Å². The summed E-state index contributed by atoms with van der Waals surface area (Å²) in [5, 5.41) is 0.543. The summed E-state index contributed by atoms with van der Waals surface area (Å²) in [5.74, 6) is 5.04. The van der Waals surface area contributed by atoms with Crippen molar-refractivity contribution in [1.29, 1.82) is 0 Å². The Balaban J connectivity index is 2.31. The zero-order chi connectivity index (χ0) is 11.3. The average molecular weight is 248 g/mol. The molecule has 0 aromatic carbocycles. The van der Waals surface area contributed by atoms with Crippen LogP contribution in [0.5, 0.6) is 0 Å². The fourth-order valence-electron chi connectivity index (χ4n) is 0.880. The van der Waals surface area contributed by atoms with Crippen LogP contribution < -0.4 is 17.2 Å². The number of hydrazine groups is 1. The molecule has 0 unspecified atom stereocenters. The molecule has 8 heteroatoms. The lowest BCUT2D eigenvalue weighted by Crippen LogP contribution is -2.26. The molecule has 0 radical (unpaired) electrons. The van der Waals surface area contributed by atoms with Crippen LogP contribution >= 0.6 is 23.1 Å². The van der Waals surface area contributed by atoms with Gasteiger partial charge in [0.25, 0.3) is 0 Å². The van der Waals surface area contributed by atoms with Gasteiger partial charge in [-0.15, -0.1) is 11.8 Å². The molecule has 0 aliphatic carbocycles. The standard InChI is InChI=1S/C7H12N4O2S2/c1-4-6(15-7(8)10-4)14-3-2-5(12)13-11-9/h11H,2-3,9H2,1H3,(H2,8,10). The number of nitrogens with two attached hydrogens (primary N) is 2. The first-order valence-electron chi connectivity index (χ1n) is 4.14. The highest BCUT2D eigenvalue weighted by molar-refractivity contribution is 8.01. The minimum absolute atomic E-state index is 0.284. The molecule has 0 bridgehead atoms. The quantitative estimate of drug-likeness (QED) is 0.394. The van der Waals surface area contributed by atoms with Gasteiger partial charge in [-0.3, -0.25) is 4.79 Å². The number of thiazole rings is 1. The number of aromatic nitrogens is 1. The molecule has 0 fully saturated rings. The molecule has 1 aromatic rings. The highest BCUT2D eigenvalue weighted by atomic mass is 32.2. The number of nitrogens with one attached hydrogen (secondary N) is 1. The van der Waals surface area contributed by atoms with Crippen molar-refractivity contribution in [3.05, 3.63) is 5.69 Å². The van der Waals surface area contributed by atoms with Crippen LogP contribution in [0, 0.1) is 6.92 Å². The summed E-state index contributed by atoms with van der Waals surface area (Å²) in [6, 6.07) is 0. The van der Waals surface area contributed by atoms with Gasteiger partial charge in [-0.2, -0.15) is 0 Å². The van der Waals surface area contributed by atoms with E-state index in [9.17, 15) is 4.79 Å². The number of nitrogen functional groups attached to an aromatic ring is 1. The molecular formula is C7H12N4O2S2. The molecule has 15 heavy (non-hydrogen) atoms. The first kappa shape index (κ1) is 12.2. The number of thioether (sulfide) groups is 1. The largest absolute Gasteiger partial charge is 0.375 e. The first-order valence-corrected chi connectivity index (χ1v) is 5.94. The zero-order valence-corrected chi connectivity index (χ0v) is 9.78. The Labute approximate surface area is 95.3 Å². The molecule has 6 nitrogen and oxygen atoms in total. The van der Waals surface area contributed by atoms with Gasteiger partial charge in [-0.05, 0) is 6.92 Å². The average Bonchev–Trinajstić information content (AvgIpc) is 2.46. The van der Waals surface area contributed by atoms with Gasteiger partial charge in [0, 0.05) is 5.75 Å². The third kappa shape index (κ3) is 4.04. The summed E-state index contributed by atoms with van der Waals surface area (Å²) in [5.41, 5.74) is 8.27. The molecule has 0 amide bonds. The number of anilines is 1. The molecule has 1 heterocycles. The Morgan fingerprint density at radius 1 is 1.73 bits per heavy atom. The van der Waals surface area contributed by atoms with Crippen LogP contribution in [0.25, 0.3) is 0 Å². The molecule has 0 atom stereocenters. The minimum Gasteiger partial charge on any atom is -0.375 e. The van der Waals surface area contributed by atoms with Crippen LogP contribution in [0.4, 0.5) is 5.13 Å². The van der Waals surface area contributed by atoms with Crippen LogP contribution in [0.1, 0.15) is 12.1 Å². The molecule has 0 spiro atoms. The monoisotopic (exact) mass is 248 g/mol. The van der Waals surface area contributed by atoms with E-state index in [1.165, 1.54) is 23.1 Å². The van der Waals surface area contributed by atoms with Crippen LogP contribution in [-0.4, -0.2) is 16.7 Å². The van der Waals surface area contributed by atoms with Crippen molar-refractivity contribution >= 4 is 34.2 Å². The van der Waals surface area contributed by atoms with Crippen LogP contribution in [-0.2, 0) is 9.63 Å². The van der Waals surface area contributed by atoms with Crippen molar-refractivity contribution in [3.63, 3.8) is 0 Å². The van der Waals surface area contributed by atoms with Crippen LogP contribution in [0.2, 0.25) is 0 Å². The Kier molecular flexibility index (Phi) is 4.82. The second-order valence-corrected chi connectivity index (χ2v) is 5.01. The molecule has 0 aliphatic heterocycles. The lowest BCUT2D eigenvalue weighted by atomic mass is 10.5. The number of hydrogen-bond acceptors (Lipinski definition) is 8. The van der Waals surface area contributed by atoms with Gasteiger partial charge in [0.2, 0.25) is 0 Å². The van der Waals surface area contributed by atoms with Crippen molar-refractivity contribution in [3.8, 4) is 0 Å². The van der Waals surface area contributed by atoms with Crippen molar-refractivity contribution in [2.24, 2.45) is 5.84 Å². The number of rotatable bonds is 5. The van der Waals surface area contributed by atoms with Crippen LogP contribution in [0.3, 0.4) is 0 Å². The van der Waals surface area contributed by atoms with Gasteiger partial charge in [-0.25, -0.2) is 10.8 Å². The van der Waals surface area contributed by atoms with Crippen molar-refractivity contribution < 1.29 is 9.63 Å². The molecule has 5 N–H and O–H groups in total. The van der Waals surface area contributed by atoms with Gasteiger partial charge in [0.1, 0.15) is 0 Å². The van der Waals surface area contributed by atoms with Gasteiger partial charge in [0.05, 0.1) is 16.3 Å². The molecule has 0 aliphatic rings. The van der Waals surface area contributed by atoms with Gasteiger partial charge in [0.15, 0.2) is 5.13 Å². The van der Waals surface area contributed by atoms with Crippen molar-refractivity contribution in [1.82, 2.24) is 10.6 Å². The predicted molar refractivity (Wildman–Crippen MR) is 60.0 cm³/mol. The van der Waals surface area contributed by atoms with E-state index >= 15 is 0 Å². The molecule has 0 saturated heterocycles. The molecule has 84 valence electrons. The predicted octanol–water partition coefficient (Wildman–Crippen LogP) is 0.437. The summed E-state index contributed by atoms with van der Waals surface area (Å²) < 4.78 is 1.03. The fraction of sp³-hybridized carbons (Fsp3) is 0.429. The molecular weight excluding hydrogens is 236 g/mol. The van der Waals surface area contributed by atoms with E-state index in [0.29, 0.717) is 10.9 Å². The third-order valence-corrected chi connectivity index (χ3v) is 3.83. The number of nitrogens with zero attached hydrogens (tertiary/aromatic N) is 1. The van der Waals surface area contributed by atoms with E-state index in [1.54, 1.807) is 0 Å². The minimum atomic E-state index is -0.389. The zero-order valence-electron chi connectivity index (χ0n) is 8.15.